The van der Waals surface area contributed by atoms with Crippen molar-refractivity contribution in [3.63, 3.8) is 0 Å². The maximum atomic E-state index is 5.93. The lowest BCUT2D eigenvalue weighted by atomic mass is 9.92. The van der Waals surface area contributed by atoms with Crippen LogP contribution in [-0.2, 0) is 6.54 Å². The molecular formula is C12H17ClN2O2. The maximum absolute atomic E-state index is 5.93. The Morgan fingerprint density at radius 1 is 1.41 bits per heavy atom. The smallest absolute Gasteiger partial charge is 0.183 e. The van der Waals surface area contributed by atoms with Gasteiger partial charge in [-0.25, -0.2) is 0 Å². The average molecular weight is 257 g/mol. The molecule has 1 aliphatic rings. The van der Waals surface area contributed by atoms with Crippen molar-refractivity contribution in [2.75, 3.05) is 14.2 Å². The number of halogens is 1. The number of rotatable bonds is 5. The van der Waals surface area contributed by atoms with Crippen LogP contribution in [0.2, 0.25) is 0 Å². The molecule has 0 spiro atoms. The van der Waals surface area contributed by atoms with Crippen LogP contribution in [-0.4, -0.2) is 30.6 Å². The first-order valence-corrected chi connectivity index (χ1v) is 6.11. The van der Waals surface area contributed by atoms with Crippen LogP contribution >= 0.6 is 11.6 Å². The summed E-state index contributed by atoms with van der Waals surface area (Å²) in [5.74, 6) is 1.41. The van der Waals surface area contributed by atoms with Gasteiger partial charge >= 0.3 is 0 Å². The fourth-order valence-corrected chi connectivity index (χ4v) is 2.36. The molecule has 0 bridgehead atoms. The minimum absolute atomic E-state index is 0.327. The molecule has 1 heterocycles. The third kappa shape index (κ3) is 2.82. The van der Waals surface area contributed by atoms with Crippen LogP contribution in [0.3, 0.4) is 0 Å². The van der Waals surface area contributed by atoms with Gasteiger partial charge in [0.15, 0.2) is 11.5 Å². The molecule has 1 aromatic heterocycles. The Balaban J connectivity index is 1.99. The summed E-state index contributed by atoms with van der Waals surface area (Å²) in [5, 5.41) is 3.74. The molecule has 2 rings (SSSR count). The number of alkyl halides is 1. The van der Waals surface area contributed by atoms with Crippen LogP contribution in [0.1, 0.15) is 18.5 Å². The van der Waals surface area contributed by atoms with Crippen LogP contribution in [0.4, 0.5) is 0 Å². The lowest BCUT2D eigenvalue weighted by molar-refractivity contribution is 0.329. The molecule has 0 saturated heterocycles. The SMILES string of the molecule is COc1ccnc(CNC2CC(Cl)C2)c1OC. The first kappa shape index (κ1) is 12.5. The number of pyridine rings is 1. The second kappa shape index (κ2) is 5.56. The highest BCUT2D eigenvalue weighted by molar-refractivity contribution is 6.21. The Hall–Kier alpha value is -1.00. The van der Waals surface area contributed by atoms with Gasteiger partial charge in [0.2, 0.25) is 0 Å². The quantitative estimate of drug-likeness (QED) is 0.818. The van der Waals surface area contributed by atoms with Crippen LogP contribution in [0.5, 0.6) is 11.5 Å². The number of nitrogens with one attached hydrogen (secondary N) is 1. The topological polar surface area (TPSA) is 43.4 Å². The van der Waals surface area contributed by atoms with Crippen molar-refractivity contribution in [2.24, 2.45) is 0 Å². The molecule has 1 fully saturated rings. The van der Waals surface area contributed by atoms with E-state index in [1.807, 2.05) is 0 Å². The summed E-state index contributed by atoms with van der Waals surface area (Å²) in [5.41, 5.74) is 0.866. The second-order valence-corrected chi connectivity index (χ2v) is 4.76. The summed E-state index contributed by atoms with van der Waals surface area (Å²) in [4.78, 5) is 4.31. The monoisotopic (exact) mass is 256 g/mol. The van der Waals surface area contributed by atoms with Crippen molar-refractivity contribution in [3.8, 4) is 11.5 Å². The lowest BCUT2D eigenvalue weighted by Crippen LogP contribution is -2.41. The van der Waals surface area contributed by atoms with Gasteiger partial charge in [-0.2, -0.15) is 0 Å². The third-order valence-corrected chi connectivity index (χ3v) is 3.36. The first-order valence-electron chi connectivity index (χ1n) is 5.68. The number of hydrogen-bond acceptors (Lipinski definition) is 4. The molecule has 94 valence electrons. The Labute approximate surface area is 106 Å². The van der Waals surface area contributed by atoms with Crippen LogP contribution < -0.4 is 14.8 Å². The number of methoxy groups -OCH3 is 2. The van der Waals surface area contributed by atoms with E-state index in [0.29, 0.717) is 29.5 Å². The molecular weight excluding hydrogens is 240 g/mol. The van der Waals surface area contributed by atoms with Gasteiger partial charge in [0.05, 0.1) is 19.9 Å². The predicted octanol–water partition coefficient (Wildman–Crippen LogP) is 1.96. The van der Waals surface area contributed by atoms with Crippen molar-refractivity contribution in [1.29, 1.82) is 0 Å². The highest BCUT2D eigenvalue weighted by atomic mass is 35.5. The zero-order chi connectivity index (χ0) is 12.3. The summed E-state index contributed by atoms with van der Waals surface area (Å²) >= 11 is 5.93. The number of hydrogen-bond donors (Lipinski definition) is 1. The van der Waals surface area contributed by atoms with E-state index in [-0.39, 0.29) is 0 Å². The molecule has 0 unspecified atom stereocenters. The third-order valence-electron chi connectivity index (χ3n) is 3.00. The van der Waals surface area contributed by atoms with Gasteiger partial charge in [0, 0.05) is 30.2 Å². The molecule has 0 atom stereocenters. The normalized spacial score (nSPS) is 23.0. The minimum Gasteiger partial charge on any atom is -0.493 e. The predicted molar refractivity (Wildman–Crippen MR) is 66.8 cm³/mol. The fourth-order valence-electron chi connectivity index (χ4n) is 1.93. The lowest BCUT2D eigenvalue weighted by Gasteiger charge is -2.31. The Bertz CT molecular complexity index is 381. The largest absolute Gasteiger partial charge is 0.493 e. The standard InChI is InChI=1S/C12H17ClN2O2/c1-16-11-3-4-14-10(12(11)17-2)7-15-9-5-8(13)6-9/h3-4,8-9,15H,5-7H2,1-2H3. The van der Waals surface area contributed by atoms with Gasteiger partial charge in [-0.1, -0.05) is 0 Å². The van der Waals surface area contributed by atoms with Crippen molar-refractivity contribution >= 4 is 11.6 Å². The van der Waals surface area contributed by atoms with Gasteiger partial charge in [-0.3, -0.25) is 4.98 Å². The molecule has 4 nitrogen and oxygen atoms in total. The van der Waals surface area contributed by atoms with Gasteiger partial charge < -0.3 is 14.8 Å². The molecule has 17 heavy (non-hydrogen) atoms. The molecule has 1 aliphatic carbocycles. The van der Waals surface area contributed by atoms with Gasteiger partial charge in [-0.05, 0) is 12.8 Å². The Morgan fingerprint density at radius 2 is 2.18 bits per heavy atom. The fraction of sp³-hybridized carbons (Fsp3) is 0.583. The molecule has 5 heteroatoms. The molecule has 0 amide bonds. The van der Waals surface area contributed by atoms with E-state index >= 15 is 0 Å². The van der Waals surface area contributed by atoms with E-state index in [1.54, 1.807) is 26.5 Å². The van der Waals surface area contributed by atoms with Gasteiger partial charge in [0.25, 0.3) is 0 Å². The highest BCUT2D eigenvalue weighted by Crippen LogP contribution is 2.30. The van der Waals surface area contributed by atoms with E-state index in [0.717, 1.165) is 18.5 Å². The number of ether oxygens (including phenoxy) is 2. The molecule has 0 aromatic carbocycles. The summed E-state index contributed by atoms with van der Waals surface area (Å²) in [6.45, 7) is 0.675. The Kier molecular flexibility index (Phi) is 4.07. The molecule has 1 saturated carbocycles. The van der Waals surface area contributed by atoms with E-state index in [1.165, 1.54) is 0 Å². The van der Waals surface area contributed by atoms with E-state index in [4.69, 9.17) is 21.1 Å². The molecule has 0 aliphatic heterocycles. The molecule has 0 radical (unpaired) electrons. The van der Waals surface area contributed by atoms with Crippen molar-refractivity contribution in [3.05, 3.63) is 18.0 Å². The van der Waals surface area contributed by atoms with Crippen LogP contribution in [0.15, 0.2) is 12.3 Å². The summed E-state index contributed by atoms with van der Waals surface area (Å²) in [7, 11) is 3.25. The average Bonchev–Trinajstić information content (AvgIpc) is 2.32. The summed E-state index contributed by atoms with van der Waals surface area (Å²) < 4.78 is 10.5. The number of aromatic nitrogens is 1. The van der Waals surface area contributed by atoms with E-state index < -0.39 is 0 Å². The summed E-state index contributed by atoms with van der Waals surface area (Å²) in [6, 6.07) is 2.29. The zero-order valence-corrected chi connectivity index (χ0v) is 10.8. The van der Waals surface area contributed by atoms with Gasteiger partial charge in [-0.15, -0.1) is 11.6 Å². The summed E-state index contributed by atoms with van der Waals surface area (Å²) in [6.07, 6.45) is 3.77. The van der Waals surface area contributed by atoms with Gasteiger partial charge in [0.1, 0.15) is 0 Å². The van der Waals surface area contributed by atoms with E-state index in [2.05, 4.69) is 10.3 Å². The highest BCUT2D eigenvalue weighted by Gasteiger charge is 2.27. The van der Waals surface area contributed by atoms with Crippen LogP contribution in [0.25, 0.3) is 0 Å². The molecule has 1 N–H and O–H groups in total. The molecule has 1 aromatic rings. The first-order chi connectivity index (χ1) is 8.24. The second-order valence-electron chi connectivity index (χ2n) is 4.14. The van der Waals surface area contributed by atoms with Crippen molar-refractivity contribution < 1.29 is 9.47 Å². The Morgan fingerprint density at radius 3 is 2.76 bits per heavy atom. The maximum Gasteiger partial charge on any atom is 0.183 e. The van der Waals surface area contributed by atoms with Crippen molar-refractivity contribution in [2.45, 2.75) is 30.8 Å². The van der Waals surface area contributed by atoms with Crippen LogP contribution in [0, 0.1) is 0 Å². The zero-order valence-electron chi connectivity index (χ0n) is 10.1. The number of nitrogens with zero attached hydrogens (tertiary/aromatic N) is 1. The van der Waals surface area contributed by atoms with Crippen molar-refractivity contribution in [1.82, 2.24) is 10.3 Å². The minimum atomic E-state index is 0.327. The van der Waals surface area contributed by atoms with E-state index in [9.17, 15) is 0 Å².